The Kier molecular flexibility index (Phi) is 5.38. The van der Waals surface area contributed by atoms with Crippen LogP contribution in [0.3, 0.4) is 0 Å². The molecule has 0 saturated heterocycles. The molecule has 10 heteroatoms. The van der Waals surface area contributed by atoms with Gasteiger partial charge in [-0.2, -0.15) is 19.9 Å². The highest BCUT2D eigenvalue weighted by Crippen LogP contribution is 2.19. The van der Waals surface area contributed by atoms with Crippen LogP contribution in [0.5, 0.6) is 5.75 Å². The summed E-state index contributed by atoms with van der Waals surface area (Å²) in [6, 6.07) is 18.5. The summed E-state index contributed by atoms with van der Waals surface area (Å²) < 4.78 is 8.59. The fraction of sp³-hybridized carbons (Fsp3) is 0.125. The fourth-order valence-electron chi connectivity index (χ4n) is 3.56. The average molecular weight is 455 g/mol. The van der Waals surface area contributed by atoms with E-state index in [2.05, 4.69) is 25.5 Å². The number of hydrogen-bond acceptors (Lipinski definition) is 6. The Labute approximate surface area is 193 Å². The lowest BCUT2D eigenvalue weighted by Crippen LogP contribution is -2.23. The monoisotopic (exact) mass is 455 g/mol. The molecule has 0 spiro atoms. The number of benzene rings is 2. The molecule has 5 rings (SSSR count). The molecule has 0 fully saturated rings. The lowest BCUT2D eigenvalue weighted by Gasteiger charge is -2.10. The molecule has 2 N–H and O–H groups in total. The fourth-order valence-corrected chi connectivity index (χ4v) is 3.56. The van der Waals surface area contributed by atoms with Crippen molar-refractivity contribution < 1.29 is 9.53 Å². The number of ether oxygens (including phenoxy) is 1. The second-order valence-electron chi connectivity index (χ2n) is 7.70. The van der Waals surface area contributed by atoms with Crippen molar-refractivity contribution in [1.82, 2.24) is 29.5 Å². The molecular formula is C24H21N7O3. The van der Waals surface area contributed by atoms with Gasteiger partial charge in [0.15, 0.2) is 12.3 Å². The first-order chi connectivity index (χ1) is 16.5. The number of fused-ring (bicyclic) bond motifs is 1. The minimum Gasteiger partial charge on any atom is -0.483 e. The number of carbonyl (C=O) groups excluding carboxylic acids is 1. The van der Waals surface area contributed by atoms with Gasteiger partial charge >= 0.3 is 0 Å². The van der Waals surface area contributed by atoms with Gasteiger partial charge in [0.1, 0.15) is 17.0 Å². The number of aromatic nitrogens is 6. The molecule has 1 amide bonds. The van der Waals surface area contributed by atoms with Gasteiger partial charge in [-0.25, -0.2) is 4.68 Å². The van der Waals surface area contributed by atoms with Gasteiger partial charge in [0.25, 0.3) is 11.5 Å². The number of carbonyl (C=O) groups is 1. The molecule has 0 bridgehead atoms. The Morgan fingerprint density at radius 3 is 2.62 bits per heavy atom. The zero-order chi connectivity index (χ0) is 23.7. The van der Waals surface area contributed by atoms with Gasteiger partial charge in [0, 0.05) is 6.07 Å². The smallest absolute Gasteiger partial charge is 0.263 e. The van der Waals surface area contributed by atoms with E-state index in [0.717, 1.165) is 11.3 Å². The van der Waals surface area contributed by atoms with E-state index < -0.39 is 0 Å². The van der Waals surface area contributed by atoms with Gasteiger partial charge in [-0.1, -0.05) is 36.4 Å². The number of amides is 1. The van der Waals surface area contributed by atoms with Crippen LogP contribution in [0.4, 0.5) is 5.82 Å². The van der Waals surface area contributed by atoms with Crippen molar-refractivity contribution in [3.05, 3.63) is 88.5 Å². The zero-order valence-corrected chi connectivity index (χ0v) is 18.5. The summed E-state index contributed by atoms with van der Waals surface area (Å²) in [6.07, 6.45) is 1.47. The minimum absolute atomic E-state index is 0.151. The van der Waals surface area contributed by atoms with Crippen molar-refractivity contribution in [2.45, 2.75) is 13.8 Å². The molecule has 3 heterocycles. The third kappa shape index (κ3) is 4.04. The van der Waals surface area contributed by atoms with Crippen LogP contribution in [0.15, 0.2) is 71.7 Å². The first-order valence-electron chi connectivity index (χ1n) is 10.6. The molecule has 3 aromatic heterocycles. The summed E-state index contributed by atoms with van der Waals surface area (Å²) in [5.41, 5.74) is 2.34. The van der Waals surface area contributed by atoms with Gasteiger partial charge in [0.2, 0.25) is 5.95 Å². The number of aromatic amines is 1. The van der Waals surface area contributed by atoms with Crippen molar-refractivity contribution in [2.24, 2.45) is 0 Å². The van der Waals surface area contributed by atoms with Gasteiger partial charge in [-0.05, 0) is 37.6 Å². The van der Waals surface area contributed by atoms with Gasteiger partial charge in [-0.3, -0.25) is 14.6 Å². The number of H-pyrrole nitrogens is 1. The summed E-state index contributed by atoms with van der Waals surface area (Å²) in [7, 11) is 0. The number of nitrogens with one attached hydrogen (secondary N) is 2. The topological polar surface area (TPSA) is 120 Å². The average Bonchev–Trinajstić information content (AvgIpc) is 3.42. The lowest BCUT2D eigenvalue weighted by atomic mass is 10.2. The Morgan fingerprint density at radius 1 is 1.06 bits per heavy atom. The van der Waals surface area contributed by atoms with Crippen molar-refractivity contribution in [2.75, 3.05) is 11.9 Å². The molecule has 0 saturated carbocycles. The molecule has 34 heavy (non-hydrogen) atoms. The van der Waals surface area contributed by atoms with Crippen molar-refractivity contribution >= 4 is 22.8 Å². The highest BCUT2D eigenvalue weighted by atomic mass is 16.5. The van der Waals surface area contributed by atoms with Crippen LogP contribution in [0.2, 0.25) is 0 Å². The number of rotatable bonds is 6. The molecule has 0 aliphatic carbocycles. The van der Waals surface area contributed by atoms with Crippen LogP contribution in [-0.4, -0.2) is 42.0 Å². The molecular weight excluding hydrogens is 434 g/mol. The Morgan fingerprint density at radius 2 is 1.82 bits per heavy atom. The number of aryl methyl sites for hydroxylation is 2. The first-order valence-corrected chi connectivity index (χ1v) is 10.6. The predicted octanol–water partition coefficient (Wildman–Crippen LogP) is 2.93. The summed E-state index contributed by atoms with van der Waals surface area (Å²) in [4.78, 5) is 32.6. The van der Waals surface area contributed by atoms with Crippen LogP contribution < -0.4 is 15.6 Å². The largest absolute Gasteiger partial charge is 0.483 e. The maximum absolute atomic E-state index is 12.8. The number of para-hydroxylation sites is 2. The predicted molar refractivity (Wildman–Crippen MR) is 127 cm³/mol. The van der Waals surface area contributed by atoms with E-state index in [1.54, 1.807) is 23.7 Å². The molecule has 170 valence electrons. The van der Waals surface area contributed by atoms with Crippen molar-refractivity contribution in [3.63, 3.8) is 0 Å². The maximum atomic E-state index is 12.8. The molecule has 0 atom stereocenters. The second-order valence-corrected chi connectivity index (χ2v) is 7.70. The Balaban J connectivity index is 1.46. The Hall–Kier alpha value is -4.73. The minimum atomic E-state index is -0.373. The van der Waals surface area contributed by atoms with E-state index in [0.29, 0.717) is 28.3 Å². The molecule has 5 aromatic rings. The molecule has 0 aliphatic heterocycles. The quantitative estimate of drug-likeness (QED) is 0.406. The van der Waals surface area contributed by atoms with Crippen LogP contribution in [0.25, 0.3) is 22.7 Å². The van der Waals surface area contributed by atoms with Crippen LogP contribution >= 0.6 is 0 Å². The summed E-state index contributed by atoms with van der Waals surface area (Å²) in [5.74, 6) is 0.762. The van der Waals surface area contributed by atoms with E-state index in [1.807, 2.05) is 55.5 Å². The second kappa shape index (κ2) is 8.66. The zero-order valence-electron chi connectivity index (χ0n) is 18.5. The van der Waals surface area contributed by atoms with Gasteiger partial charge in [0.05, 0.1) is 17.6 Å². The standard InChI is InChI=1S/C24H21N7O3/c1-15-8-6-7-11-19(15)34-14-21(32)26-20-12-16(2)29-31(20)24-27-22-18(23(33)28-24)13-25-30(22)17-9-4-3-5-10-17/h3-13H,14H2,1-2H3,(H,26,32)(H,27,28,33). The first kappa shape index (κ1) is 21.1. The van der Waals surface area contributed by atoms with E-state index in [9.17, 15) is 9.59 Å². The molecule has 0 unspecified atom stereocenters. The van der Waals surface area contributed by atoms with E-state index in [1.165, 1.54) is 10.9 Å². The number of anilines is 1. The summed E-state index contributed by atoms with van der Waals surface area (Å²) in [6.45, 7) is 3.50. The highest BCUT2D eigenvalue weighted by molar-refractivity contribution is 5.91. The van der Waals surface area contributed by atoms with E-state index in [-0.39, 0.29) is 24.0 Å². The third-order valence-corrected chi connectivity index (χ3v) is 5.18. The highest BCUT2D eigenvalue weighted by Gasteiger charge is 2.17. The summed E-state index contributed by atoms with van der Waals surface area (Å²) >= 11 is 0. The lowest BCUT2D eigenvalue weighted by molar-refractivity contribution is -0.118. The normalized spacial score (nSPS) is 11.0. The third-order valence-electron chi connectivity index (χ3n) is 5.18. The molecule has 0 aliphatic rings. The number of hydrogen-bond donors (Lipinski definition) is 2. The Bertz CT molecular complexity index is 1550. The van der Waals surface area contributed by atoms with Crippen LogP contribution in [0.1, 0.15) is 11.3 Å². The van der Waals surface area contributed by atoms with Crippen molar-refractivity contribution in [1.29, 1.82) is 0 Å². The SMILES string of the molecule is Cc1cc(NC(=O)COc2ccccc2C)n(-c2nc3c(cnn3-c3ccccc3)c(=O)[nH]2)n1. The van der Waals surface area contributed by atoms with Crippen molar-refractivity contribution in [3.8, 4) is 17.4 Å². The molecule has 10 nitrogen and oxygen atoms in total. The van der Waals surface area contributed by atoms with E-state index in [4.69, 9.17) is 4.74 Å². The van der Waals surface area contributed by atoms with Gasteiger partial charge < -0.3 is 10.1 Å². The van der Waals surface area contributed by atoms with Crippen LogP contribution in [-0.2, 0) is 4.79 Å². The number of nitrogens with zero attached hydrogens (tertiary/aromatic N) is 5. The summed E-state index contributed by atoms with van der Waals surface area (Å²) in [5, 5.41) is 11.8. The maximum Gasteiger partial charge on any atom is 0.263 e. The van der Waals surface area contributed by atoms with E-state index >= 15 is 0 Å². The van der Waals surface area contributed by atoms with Gasteiger partial charge in [-0.15, -0.1) is 0 Å². The van der Waals surface area contributed by atoms with Crippen LogP contribution in [0, 0.1) is 13.8 Å². The molecule has 0 radical (unpaired) electrons. The molecule has 2 aromatic carbocycles.